The number of Topliss-reactive ketones (excluding diaryl/α,β-unsaturated/α-hetero) is 1. The SMILES string of the molecule is CC(=O)Oc1ccc(O)cc1.CC(=O)c1ccc(O)c(CC=C(C)C)c1. The summed E-state index contributed by atoms with van der Waals surface area (Å²) < 4.78 is 4.72. The van der Waals surface area contributed by atoms with Crippen LogP contribution in [0, 0.1) is 0 Å². The molecule has 2 N–H and O–H groups in total. The number of hydrogen-bond acceptors (Lipinski definition) is 5. The fourth-order valence-corrected chi connectivity index (χ4v) is 1.96. The monoisotopic (exact) mass is 356 g/mol. The summed E-state index contributed by atoms with van der Waals surface area (Å²) in [6.45, 7) is 6.86. The van der Waals surface area contributed by atoms with Crippen molar-refractivity contribution in [3.8, 4) is 17.2 Å². The van der Waals surface area contributed by atoms with E-state index in [2.05, 4.69) is 0 Å². The Morgan fingerprint density at radius 1 is 0.962 bits per heavy atom. The first-order chi connectivity index (χ1) is 12.2. The quantitative estimate of drug-likeness (QED) is 0.367. The number of esters is 1. The summed E-state index contributed by atoms with van der Waals surface area (Å²) in [7, 11) is 0. The molecule has 2 rings (SSSR count). The van der Waals surface area contributed by atoms with Crippen molar-refractivity contribution in [2.24, 2.45) is 0 Å². The number of ether oxygens (including phenoxy) is 1. The van der Waals surface area contributed by atoms with E-state index in [9.17, 15) is 14.7 Å². The molecule has 0 saturated carbocycles. The number of phenolic OH excluding ortho intramolecular Hbond substituents is 2. The van der Waals surface area contributed by atoms with E-state index in [-0.39, 0.29) is 23.3 Å². The Labute approximate surface area is 153 Å². The maximum atomic E-state index is 11.1. The van der Waals surface area contributed by atoms with Gasteiger partial charge in [0.05, 0.1) is 0 Å². The van der Waals surface area contributed by atoms with Crippen LogP contribution in [-0.2, 0) is 11.2 Å². The van der Waals surface area contributed by atoms with E-state index in [0.29, 0.717) is 17.7 Å². The van der Waals surface area contributed by atoms with Crippen LogP contribution in [0.25, 0.3) is 0 Å². The molecular formula is C21H24O5. The van der Waals surface area contributed by atoms with Gasteiger partial charge in [-0.1, -0.05) is 11.6 Å². The number of benzene rings is 2. The van der Waals surface area contributed by atoms with Crippen LogP contribution in [0.3, 0.4) is 0 Å². The molecule has 0 fully saturated rings. The highest BCUT2D eigenvalue weighted by atomic mass is 16.5. The van der Waals surface area contributed by atoms with Crippen molar-refractivity contribution in [2.45, 2.75) is 34.1 Å². The van der Waals surface area contributed by atoms with Gasteiger partial charge in [-0.2, -0.15) is 0 Å². The summed E-state index contributed by atoms with van der Waals surface area (Å²) in [5.41, 5.74) is 2.64. The van der Waals surface area contributed by atoms with Crippen LogP contribution in [0.5, 0.6) is 17.2 Å². The van der Waals surface area contributed by atoms with E-state index in [4.69, 9.17) is 9.84 Å². The second-order valence-corrected chi connectivity index (χ2v) is 5.97. The molecule has 26 heavy (non-hydrogen) atoms. The lowest BCUT2D eigenvalue weighted by Crippen LogP contribution is -2.00. The number of phenols is 2. The molecule has 0 saturated heterocycles. The van der Waals surface area contributed by atoms with Crippen LogP contribution in [0.15, 0.2) is 54.1 Å². The summed E-state index contributed by atoms with van der Waals surface area (Å²) in [4.78, 5) is 21.6. The van der Waals surface area contributed by atoms with Crippen molar-refractivity contribution in [2.75, 3.05) is 0 Å². The number of aromatic hydroxyl groups is 2. The van der Waals surface area contributed by atoms with Gasteiger partial charge in [0, 0.05) is 12.5 Å². The first-order valence-corrected chi connectivity index (χ1v) is 8.12. The molecule has 0 unspecified atom stereocenters. The van der Waals surface area contributed by atoms with Crippen molar-refractivity contribution >= 4 is 11.8 Å². The molecule has 0 bridgehead atoms. The van der Waals surface area contributed by atoms with Gasteiger partial charge < -0.3 is 14.9 Å². The Morgan fingerprint density at radius 3 is 2.08 bits per heavy atom. The molecule has 5 nitrogen and oxygen atoms in total. The molecule has 5 heteroatoms. The second-order valence-electron chi connectivity index (χ2n) is 5.97. The Morgan fingerprint density at radius 2 is 1.58 bits per heavy atom. The summed E-state index contributed by atoms with van der Waals surface area (Å²) in [6, 6.07) is 10.9. The second kappa shape index (κ2) is 10.0. The first-order valence-electron chi connectivity index (χ1n) is 8.12. The average molecular weight is 356 g/mol. The number of carbonyl (C=O) groups excluding carboxylic acids is 2. The van der Waals surface area contributed by atoms with E-state index in [1.165, 1.54) is 43.7 Å². The fraction of sp³-hybridized carbons (Fsp3) is 0.238. The number of allylic oxidation sites excluding steroid dienone is 2. The van der Waals surface area contributed by atoms with Crippen LogP contribution in [0.4, 0.5) is 0 Å². The van der Waals surface area contributed by atoms with Crippen molar-refractivity contribution in [1.29, 1.82) is 0 Å². The lowest BCUT2D eigenvalue weighted by atomic mass is 10.0. The molecule has 0 spiro atoms. The number of rotatable bonds is 4. The van der Waals surface area contributed by atoms with Crippen molar-refractivity contribution in [3.05, 3.63) is 65.2 Å². The molecule has 0 atom stereocenters. The highest BCUT2D eigenvalue weighted by Gasteiger charge is 2.04. The molecule has 0 radical (unpaired) electrons. The Hall–Kier alpha value is -3.08. The molecule has 0 amide bonds. The van der Waals surface area contributed by atoms with Crippen LogP contribution < -0.4 is 4.74 Å². The van der Waals surface area contributed by atoms with E-state index in [1.54, 1.807) is 18.2 Å². The normalized spacial score (nSPS) is 9.54. The number of hydrogen-bond donors (Lipinski definition) is 2. The molecular weight excluding hydrogens is 332 g/mol. The Bertz CT molecular complexity index is 785. The van der Waals surface area contributed by atoms with Gasteiger partial charge in [0.1, 0.15) is 17.2 Å². The van der Waals surface area contributed by atoms with E-state index >= 15 is 0 Å². The van der Waals surface area contributed by atoms with Gasteiger partial charge >= 0.3 is 5.97 Å². The highest BCUT2D eigenvalue weighted by molar-refractivity contribution is 5.94. The average Bonchev–Trinajstić information content (AvgIpc) is 2.56. The molecule has 0 aliphatic carbocycles. The molecule has 0 aliphatic rings. The van der Waals surface area contributed by atoms with Gasteiger partial charge in [0.25, 0.3) is 0 Å². The van der Waals surface area contributed by atoms with Crippen molar-refractivity contribution in [3.63, 3.8) is 0 Å². The third-order valence-corrected chi connectivity index (χ3v) is 3.31. The first kappa shape index (κ1) is 21.0. The summed E-state index contributed by atoms with van der Waals surface area (Å²) in [5.74, 6) is 0.498. The fourth-order valence-electron chi connectivity index (χ4n) is 1.96. The predicted molar refractivity (Wildman–Crippen MR) is 101 cm³/mol. The van der Waals surface area contributed by atoms with E-state index in [0.717, 1.165) is 5.56 Å². The smallest absolute Gasteiger partial charge is 0.308 e. The molecule has 0 aliphatic heterocycles. The van der Waals surface area contributed by atoms with Crippen LogP contribution in [0.2, 0.25) is 0 Å². The van der Waals surface area contributed by atoms with Crippen molar-refractivity contribution in [1.82, 2.24) is 0 Å². The van der Waals surface area contributed by atoms with Gasteiger partial charge in [-0.05, 0) is 75.2 Å². The van der Waals surface area contributed by atoms with Gasteiger partial charge in [-0.25, -0.2) is 0 Å². The van der Waals surface area contributed by atoms with Gasteiger partial charge in [0.2, 0.25) is 0 Å². The van der Waals surface area contributed by atoms with Gasteiger partial charge in [-0.3, -0.25) is 9.59 Å². The molecule has 0 heterocycles. The third-order valence-electron chi connectivity index (χ3n) is 3.31. The van der Waals surface area contributed by atoms with Crippen LogP contribution in [-0.4, -0.2) is 22.0 Å². The molecule has 0 aromatic heterocycles. The third kappa shape index (κ3) is 7.66. The molecule has 138 valence electrons. The van der Waals surface area contributed by atoms with Crippen LogP contribution in [0.1, 0.15) is 43.6 Å². The zero-order valence-electron chi connectivity index (χ0n) is 15.4. The lowest BCUT2D eigenvalue weighted by Gasteiger charge is -2.04. The standard InChI is InChI=1S/C13H16O2.C8H8O3/c1-9(2)4-5-12-8-11(10(3)14)6-7-13(12)15;1-6(9)11-8-4-2-7(10)3-5-8/h4,6-8,15H,5H2,1-3H3;2-5,10H,1H3. The zero-order chi connectivity index (χ0) is 19.7. The molecule has 2 aromatic carbocycles. The minimum absolute atomic E-state index is 0.0217. The van der Waals surface area contributed by atoms with Gasteiger partial charge in [-0.15, -0.1) is 0 Å². The summed E-state index contributed by atoms with van der Waals surface area (Å²) in [5, 5.41) is 18.4. The molecule has 2 aromatic rings. The maximum Gasteiger partial charge on any atom is 0.308 e. The lowest BCUT2D eigenvalue weighted by molar-refractivity contribution is -0.131. The topological polar surface area (TPSA) is 83.8 Å². The minimum Gasteiger partial charge on any atom is -0.508 e. The highest BCUT2D eigenvalue weighted by Crippen LogP contribution is 2.20. The van der Waals surface area contributed by atoms with Crippen LogP contribution >= 0.6 is 0 Å². The minimum atomic E-state index is -0.365. The Kier molecular flexibility index (Phi) is 8.09. The zero-order valence-corrected chi connectivity index (χ0v) is 15.4. The maximum absolute atomic E-state index is 11.1. The number of ketones is 1. The number of carbonyl (C=O) groups is 2. The summed E-state index contributed by atoms with van der Waals surface area (Å²) >= 11 is 0. The summed E-state index contributed by atoms with van der Waals surface area (Å²) in [6.07, 6.45) is 2.69. The predicted octanol–water partition coefficient (Wildman–Crippen LogP) is 4.42. The largest absolute Gasteiger partial charge is 0.508 e. The van der Waals surface area contributed by atoms with E-state index < -0.39 is 0 Å². The van der Waals surface area contributed by atoms with Gasteiger partial charge in [0.15, 0.2) is 5.78 Å². The Balaban J connectivity index is 0.000000273. The van der Waals surface area contributed by atoms with E-state index in [1.807, 2.05) is 19.9 Å². The van der Waals surface area contributed by atoms with Crippen molar-refractivity contribution < 1.29 is 24.5 Å².